The molecule has 0 fully saturated rings. The summed E-state index contributed by atoms with van der Waals surface area (Å²) in [6.07, 6.45) is 0. The van der Waals surface area contributed by atoms with E-state index in [4.69, 9.17) is 0 Å². The topological polar surface area (TPSA) is 41.0 Å². The number of aromatic nitrogens is 2. The Morgan fingerprint density at radius 1 is 1.18 bits per heavy atom. The molecular formula is C12H24N4S. The van der Waals surface area contributed by atoms with Gasteiger partial charge < -0.3 is 10.2 Å². The van der Waals surface area contributed by atoms with Crippen LogP contribution in [0.4, 0.5) is 5.13 Å². The first-order valence-electron chi connectivity index (χ1n) is 6.27. The molecule has 0 unspecified atom stereocenters. The summed E-state index contributed by atoms with van der Waals surface area (Å²) >= 11 is 1.65. The molecule has 0 aliphatic heterocycles. The Morgan fingerprint density at radius 2 is 1.82 bits per heavy atom. The van der Waals surface area contributed by atoms with Crippen LogP contribution in [-0.2, 0) is 5.41 Å². The number of likely N-dealkylation sites (N-methyl/N-ethyl adjacent to an activating group) is 1. The van der Waals surface area contributed by atoms with E-state index in [9.17, 15) is 0 Å². The Bertz CT molecular complexity index is 325. The third-order valence-corrected chi connectivity index (χ3v) is 3.97. The van der Waals surface area contributed by atoms with Crippen LogP contribution < -0.4 is 5.32 Å². The maximum atomic E-state index is 4.22. The molecule has 1 heterocycles. The van der Waals surface area contributed by atoms with Crippen LogP contribution in [0.3, 0.4) is 0 Å². The highest BCUT2D eigenvalue weighted by atomic mass is 32.1. The Hall–Kier alpha value is -0.680. The van der Waals surface area contributed by atoms with Crippen molar-refractivity contribution in [1.29, 1.82) is 0 Å². The molecule has 0 aliphatic rings. The Morgan fingerprint density at radius 3 is 2.29 bits per heavy atom. The van der Waals surface area contributed by atoms with Gasteiger partial charge >= 0.3 is 0 Å². The predicted octanol–water partition coefficient (Wildman–Crippen LogP) is 2.59. The maximum Gasteiger partial charge on any atom is 0.205 e. The summed E-state index contributed by atoms with van der Waals surface area (Å²) in [5.41, 5.74) is 0.0937. The lowest BCUT2D eigenvalue weighted by molar-refractivity contribution is 0.316. The zero-order chi connectivity index (χ0) is 12.9. The average molecular weight is 256 g/mol. The van der Waals surface area contributed by atoms with E-state index in [-0.39, 0.29) is 5.41 Å². The van der Waals surface area contributed by atoms with E-state index in [1.165, 1.54) is 0 Å². The third kappa shape index (κ3) is 4.60. The molecule has 0 spiro atoms. The maximum absolute atomic E-state index is 4.22. The van der Waals surface area contributed by atoms with Crippen molar-refractivity contribution in [2.45, 2.75) is 40.0 Å². The quantitative estimate of drug-likeness (QED) is 0.849. The highest BCUT2D eigenvalue weighted by Gasteiger charge is 2.19. The summed E-state index contributed by atoms with van der Waals surface area (Å²) in [7, 11) is 0. The van der Waals surface area contributed by atoms with Gasteiger partial charge in [0.15, 0.2) is 0 Å². The van der Waals surface area contributed by atoms with Crippen molar-refractivity contribution >= 4 is 16.5 Å². The summed E-state index contributed by atoms with van der Waals surface area (Å²) in [6, 6.07) is 0. The molecular weight excluding hydrogens is 232 g/mol. The van der Waals surface area contributed by atoms with Crippen molar-refractivity contribution in [3.63, 3.8) is 0 Å². The number of anilines is 1. The number of nitrogens with zero attached hydrogens (tertiary/aromatic N) is 3. The second-order valence-electron chi connectivity index (χ2n) is 5.12. The summed E-state index contributed by atoms with van der Waals surface area (Å²) in [6.45, 7) is 15.0. The zero-order valence-corrected chi connectivity index (χ0v) is 12.4. The molecule has 0 saturated heterocycles. The van der Waals surface area contributed by atoms with E-state index in [1.807, 2.05) is 0 Å². The summed E-state index contributed by atoms with van der Waals surface area (Å²) < 4.78 is 0. The van der Waals surface area contributed by atoms with Crippen LogP contribution >= 0.6 is 11.3 Å². The lowest BCUT2D eigenvalue weighted by Gasteiger charge is -2.17. The third-order valence-electron chi connectivity index (χ3n) is 2.67. The monoisotopic (exact) mass is 256 g/mol. The van der Waals surface area contributed by atoms with Crippen molar-refractivity contribution in [3.8, 4) is 0 Å². The zero-order valence-electron chi connectivity index (χ0n) is 11.6. The van der Waals surface area contributed by atoms with Gasteiger partial charge in [-0.25, -0.2) is 0 Å². The number of nitrogens with one attached hydrogen (secondary N) is 1. The average Bonchev–Trinajstić information content (AvgIpc) is 2.73. The molecule has 17 heavy (non-hydrogen) atoms. The fourth-order valence-corrected chi connectivity index (χ4v) is 2.29. The minimum Gasteiger partial charge on any atom is -0.359 e. The molecule has 98 valence electrons. The van der Waals surface area contributed by atoms with Gasteiger partial charge in [0, 0.05) is 18.5 Å². The molecule has 0 aliphatic carbocycles. The first-order valence-corrected chi connectivity index (χ1v) is 7.09. The fraction of sp³-hybridized carbons (Fsp3) is 0.833. The van der Waals surface area contributed by atoms with Gasteiger partial charge in [0.1, 0.15) is 5.01 Å². The molecule has 0 radical (unpaired) electrons. The Balaban J connectivity index is 2.40. The minimum absolute atomic E-state index is 0.0937. The molecule has 5 heteroatoms. The van der Waals surface area contributed by atoms with Crippen molar-refractivity contribution in [1.82, 2.24) is 15.1 Å². The molecule has 4 nitrogen and oxygen atoms in total. The summed E-state index contributed by atoms with van der Waals surface area (Å²) in [5, 5.41) is 13.7. The lowest BCUT2D eigenvalue weighted by Crippen LogP contribution is -2.28. The first kappa shape index (κ1) is 14.4. The van der Waals surface area contributed by atoms with Crippen LogP contribution in [-0.4, -0.2) is 41.3 Å². The molecule has 0 aromatic carbocycles. The molecule has 0 saturated carbocycles. The lowest BCUT2D eigenvalue weighted by atomic mass is 9.98. The van der Waals surface area contributed by atoms with Crippen LogP contribution in [0.5, 0.6) is 0 Å². The minimum atomic E-state index is 0.0937. The van der Waals surface area contributed by atoms with E-state index in [1.54, 1.807) is 11.3 Å². The molecule has 1 rings (SSSR count). The van der Waals surface area contributed by atoms with E-state index >= 15 is 0 Å². The van der Waals surface area contributed by atoms with Gasteiger partial charge in [-0.1, -0.05) is 46.0 Å². The van der Waals surface area contributed by atoms with Gasteiger partial charge in [-0.3, -0.25) is 0 Å². The van der Waals surface area contributed by atoms with Gasteiger partial charge in [0.2, 0.25) is 5.13 Å². The standard InChI is InChI=1S/C12H24N4S/c1-6-16(7-2)9-8-13-11-15-14-10(17-11)12(3,4)5/h6-9H2,1-5H3,(H,13,15). The van der Waals surface area contributed by atoms with Crippen LogP contribution in [0.25, 0.3) is 0 Å². The van der Waals surface area contributed by atoms with Crippen molar-refractivity contribution in [2.75, 3.05) is 31.5 Å². The largest absolute Gasteiger partial charge is 0.359 e. The van der Waals surface area contributed by atoms with Crippen LogP contribution in [0.2, 0.25) is 0 Å². The Kier molecular flexibility index (Phi) is 5.33. The van der Waals surface area contributed by atoms with E-state index < -0.39 is 0 Å². The van der Waals surface area contributed by atoms with Crippen LogP contribution in [0.1, 0.15) is 39.6 Å². The first-order chi connectivity index (χ1) is 7.97. The number of hydrogen-bond acceptors (Lipinski definition) is 5. The van der Waals surface area contributed by atoms with Crippen molar-refractivity contribution in [2.24, 2.45) is 0 Å². The smallest absolute Gasteiger partial charge is 0.205 e. The van der Waals surface area contributed by atoms with Gasteiger partial charge in [0.05, 0.1) is 0 Å². The Labute approximate surface area is 108 Å². The van der Waals surface area contributed by atoms with E-state index in [2.05, 4.69) is 55.0 Å². The normalized spacial score (nSPS) is 12.1. The van der Waals surface area contributed by atoms with E-state index in [0.29, 0.717) is 0 Å². The van der Waals surface area contributed by atoms with Gasteiger partial charge in [-0.15, -0.1) is 10.2 Å². The highest BCUT2D eigenvalue weighted by molar-refractivity contribution is 7.15. The second kappa shape index (κ2) is 6.31. The van der Waals surface area contributed by atoms with E-state index in [0.717, 1.165) is 36.3 Å². The van der Waals surface area contributed by atoms with Gasteiger partial charge in [-0.2, -0.15) is 0 Å². The van der Waals surface area contributed by atoms with Gasteiger partial charge in [0.25, 0.3) is 0 Å². The molecule has 0 atom stereocenters. The molecule has 0 amide bonds. The molecule has 1 N–H and O–H groups in total. The van der Waals surface area contributed by atoms with Crippen LogP contribution in [0.15, 0.2) is 0 Å². The SMILES string of the molecule is CCN(CC)CCNc1nnc(C(C)(C)C)s1. The van der Waals surface area contributed by atoms with Crippen molar-refractivity contribution < 1.29 is 0 Å². The summed E-state index contributed by atoms with van der Waals surface area (Å²) in [5.74, 6) is 0. The second-order valence-corrected chi connectivity index (χ2v) is 6.09. The van der Waals surface area contributed by atoms with Crippen LogP contribution in [0, 0.1) is 0 Å². The summed E-state index contributed by atoms with van der Waals surface area (Å²) in [4.78, 5) is 2.39. The highest BCUT2D eigenvalue weighted by Crippen LogP contribution is 2.27. The number of hydrogen-bond donors (Lipinski definition) is 1. The molecule has 1 aromatic rings. The van der Waals surface area contributed by atoms with Gasteiger partial charge in [-0.05, 0) is 13.1 Å². The fourth-order valence-electron chi connectivity index (χ4n) is 1.46. The molecule has 0 bridgehead atoms. The number of rotatable bonds is 6. The van der Waals surface area contributed by atoms with Crippen molar-refractivity contribution in [3.05, 3.63) is 5.01 Å². The predicted molar refractivity (Wildman–Crippen MR) is 74.9 cm³/mol. The molecule has 1 aromatic heterocycles.